The summed E-state index contributed by atoms with van der Waals surface area (Å²) in [6, 6.07) is 6.61. The van der Waals surface area contributed by atoms with E-state index in [0.29, 0.717) is 45.3 Å². The summed E-state index contributed by atoms with van der Waals surface area (Å²) >= 11 is 10.0. The molecular formula is C27H28Cl2N6O5S. The third kappa shape index (κ3) is 6.72. The van der Waals surface area contributed by atoms with Gasteiger partial charge in [0.2, 0.25) is 0 Å². The van der Waals surface area contributed by atoms with Crippen LogP contribution in [0.2, 0.25) is 10.0 Å². The van der Waals surface area contributed by atoms with E-state index in [-0.39, 0.29) is 41.3 Å². The van der Waals surface area contributed by atoms with Gasteiger partial charge in [0, 0.05) is 35.6 Å². The van der Waals surface area contributed by atoms with Gasteiger partial charge in [-0.25, -0.2) is 0 Å². The fraction of sp³-hybridized carbons (Fsp3) is 0.333. The molecule has 2 amide bonds. The highest BCUT2D eigenvalue weighted by Crippen LogP contribution is 2.34. The highest BCUT2D eigenvalue weighted by Gasteiger charge is 2.34. The number of amides is 2. The van der Waals surface area contributed by atoms with Gasteiger partial charge in [0.25, 0.3) is 11.8 Å². The third-order valence-corrected chi connectivity index (χ3v) is 7.96. The van der Waals surface area contributed by atoms with Crippen LogP contribution in [0, 0.1) is 12.8 Å². The predicted octanol–water partition coefficient (Wildman–Crippen LogP) is 4.10. The number of benzene rings is 1. The topological polar surface area (TPSA) is 145 Å². The average molecular weight is 620 g/mol. The zero-order chi connectivity index (χ0) is 29.3. The number of hydrazone groups is 1. The second-order valence-electron chi connectivity index (χ2n) is 10.1. The van der Waals surface area contributed by atoms with Crippen LogP contribution in [-0.4, -0.2) is 55.4 Å². The Bertz CT molecular complexity index is 1510. The van der Waals surface area contributed by atoms with Crippen LogP contribution in [0.15, 0.2) is 59.2 Å². The summed E-state index contributed by atoms with van der Waals surface area (Å²) in [4.78, 5) is 32.9. The molecule has 1 aromatic heterocycles. The lowest BCUT2D eigenvalue weighted by molar-refractivity contribution is -0.113. The summed E-state index contributed by atoms with van der Waals surface area (Å²) in [6.07, 6.45) is 6.60. The van der Waals surface area contributed by atoms with Crippen molar-refractivity contribution in [3.8, 4) is 0 Å². The van der Waals surface area contributed by atoms with Gasteiger partial charge in [-0.3, -0.25) is 19.1 Å². The number of nitrogens with one attached hydrogen (secondary N) is 3. The molecular weight excluding hydrogens is 591 g/mol. The Morgan fingerprint density at radius 2 is 2.05 bits per heavy atom. The molecule has 3 atom stereocenters. The van der Waals surface area contributed by atoms with Crippen LogP contribution in [0.4, 0.5) is 5.69 Å². The minimum atomic E-state index is -2.64. The fourth-order valence-electron chi connectivity index (χ4n) is 4.86. The number of aromatic nitrogens is 1. The summed E-state index contributed by atoms with van der Waals surface area (Å²) in [5.74, 6) is -0.342. The highest BCUT2D eigenvalue weighted by atomic mass is 35.5. The number of allylic oxidation sites excluding steroid dienone is 1. The van der Waals surface area contributed by atoms with Crippen molar-refractivity contribution in [2.45, 2.75) is 38.6 Å². The molecule has 1 aliphatic carbocycles. The summed E-state index contributed by atoms with van der Waals surface area (Å²) in [5, 5.41) is 11.1. The average Bonchev–Trinajstić information content (AvgIpc) is 3.66. The van der Waals surface area contributed by atoms with Gasteiger partial charge < -0.3 is 25.1 Å². The van der Waals surface area contributed by atoms with Crippen molar-refractivity contribution in [2.75, 3.05) is 18.4 Å². The maximum atomic E-state index is 13.6. The zero-order valence-electron chi connectivity index (χ0n) is 22.2. The lowest BCUT2D eigenvalue weighted by Crippen LogP contribution is -2.37. The maximum absolute atomic E-state index is 13.6. The summed E-state index contributed by atoms with van der Waals surface area (Å²) in [7, 11) is 0. The quantitative estimate of drug-likeness (QED) is 0.324. The van der Waals surface area contributed by atoms with E-state index in [1.165, 1.54) is 18.3 Å². The number of hydrogen-bond acceptors (Lipinski definition) is 8. The normalized spacial score (nSPS) is 19.8. The van der Waals surface area contributed by atoms with E-state index < -0.39 is 17.3 Å². The number of aryl methyl sites for hydroxylation is 1. The van der Waals surface area contributed by atoms with Crippen molar-refractivity contribution >= 4 is 57.9 Å². The van der Waals surface area contributed by atoms with Crippen LogP contribution in [0.1, 0.15) is 47.3 Å². The number of carbonyl (C=O) groups is 2. The second kappa shape index (κ2) is 12.2. The minimum Gasteiger partial charge on any atom is -0.379 e. The Kier molecular flexibility index (Phi) is 8.64. The minimum absolute atomic E-state index is 0.00880. The first-order chi connectivity index (χ1) is 19.6. The SMILES string of the molecule is Cc1cc(Cl)cc(C(=O)NC(C)C2CC2)c1NC(=O)C1=CC(OS(=O)O)=CN(C2=NNCC2c2ncccc2Cl)C1. The molecule has 3 heterocycles. The molecule has 0 radical (unpaired) electrons. The van der Waals surface area contributed by atoms with E-state index in [9.17, 15) is 18.4 Å². The van der Waals surface area contributed by atoms with Gasteiger partial charge >= 0.3 is 11.4 Å². The number of nitrogens with zero attached hydrogens (tertiary/aromatic N) is 3. The molecule has 41 heavy (non-hydrogen) atoms. The molecule has 2 aliphatic heterocycles. The molecule has 0 bridgehead atoms. The number of hydrogen-bond donors (Lipinski definition) is 4. The second-order valence-corrected chi connectivity index (χ2v) is 11.5. The molecule has 1 saturated carbocycles. The summed E-state index contributed by atoms with van der Waals surface area (Å²) < 4.78 is 25.9. The van der Waals surface area contributed by atoms with Gasteiger partial charge in [-0.2, -0.15) is 9.31 Å². The zero-order valence-corrected chi connectivity index (χ0v) is 24.5. The molecule has 14 heteroatoms. The molecule has 3 aliphatic rings. The highest BCUT2D eigenvalue weighted by molar-refractivity contribution is 7.74. The van der Waals surface area contributed by atoms with E-state index in [1.54, 1.807) is 36.2 Å². The Morgan fingerprint density at radius 3 is 2.76 bits per heavy atom. The van der Waals surface area contributed by atoms with Gasteiger partial charge in [0.1, 0.15) is 5.84 Å². The summed E-state index contributed by atoms with van der Waals surface area (Å²) in [5.41, 5.74) is 4.87. The van der Waals surface area contributed by atoms with Gasteiger partial charge in [0.15, 0.2) is 5.76 Å². The molecule has 5 rings (SSSR count). The van der Waals surface area contributed by atoms with Crippen molar-refractivity contribution in [1.82, 2.24) is 20.6 Å². The van der Waals surface area contributed by atoms with Crippen LogP contribution < -0.4 is 16.1 Å². The predicted molar refractivity (Wildman–Crippen MR) is 157 cm³/mol. The van der Waals surface area contributed by atoms with Crippen LogP contribution in [-0.2, 0) is 20.3 Å². The molecule has 4 N–H and O–H groups in total. The molecule has 1 aromatic carbocycles. The Morgan fingerprint density at radius 1 is 1.27 bits per heavy atom. The van der Waals surface area contributed by atoms with E-state index in [2.05, 4.69) is 26.1 Å². The van der Waals surface area contributed by atoms with Crippen molar-refractivity contribution in [3.63, 3.8) is 0 Å². The van der Waals surface area contributed by atoms with Gasteiger partial charge in [-0.1, -0.05) is 23.2 Å². The van der Waals surface area contributed by atoms with Gasteiger partial charge in [-0.05, 0) is 68.5 Å². The molecule has 0 saturated heterocycles. The van der Waals surface area contributed by atoms with Crippen LogP contribution in [0.5, 0.6) is 0 Å². The first-order valence-corrected chi connectivity index (χ1v) is 14.7. The third-order valence-electron chi connectivity index (χ3n) is 7.08. The molecule has 11 nitrogen and oxygen atoms in total. The number of carbonyl (C=O) groups excluding carboxylic acids is 2. The number of anilines is 1. The number of pyridine rings is 1. The van der Waals surface area contributed by atoms with Crippen LogP contribution >= 0.6 is 23.2 Å². The number of rotatable bonds is 8. The fourth-order valence-corrected chi connectivity index (χ4v) is 5.64. The van der Waals surface area contributed by atoms with Crippen molar-refractivity contribution in [1.29, 1.82) is 0 Å². The van der Waals surface area contributed by atoms with Crippen molar-refractivity contribution in [3.05, 3.63) is 80.9 Å². The molecule has 0 spiro atoms. The largest absolute Gasteiger partial charge is 0.379 e. The first kappa shape index (κ1) is 29.1. The molecule has 1 fully saturated rings. The smallest absolute Gasteiger partial charge is 0.357 e. The van der Waals surface area contributed by atoms with E-state index in [4.69, 9.17) is 27.4 Å². The summed E-state index contributed by atoms with van der Waals surface area (Å²) in [6.45, 7) is 4.15. The lowest BCUT2D eigenvalue weighted by atomic mass is 10.0. The van der Waals surface area contributed by atoms with Crippen LogP contribution in [0.25, 0.3) is 0 Å². The monoisotopic (exact) mass is 618 g/mol. The molecule has 2 aromatic rings. The van der Waals surface area contributed by atoms with Crippen molar-refractivity contribution < 1.29 is 22.5 Å². The van der Waals surface area contributed by atoms with Crippen LogP contribution in [0.3, 0.4) is 0 Å². The Hall–Kier alpha value is -3.45. The van der Waals surface area contributed by atoms with Gasteiger partial charge in [-0.15, -0.1) is 0 Å². The number of amidine groups is 1. The maximum Gasteiger partial charge on any atom is 0.357 e. The van der Waals surface area contributed by atoms with E-state index >= 15 is 0 Å². The van der Waals surface area contributed by atoms with Gasteiger partial charge in [0.05, 0.1) is 34.4 Å². The molecule has 3 unspecified atom stereocenters. The number of halogens is 2. The molecule has 216 valence electrons. The standard InChI is InChI=1S/C27H28Cl2N6O5S/c1-14-8-18(28)10-20(27(37)32-15(2)16-5-6-16)23(14)33-26(36)17-9-19(40-41(38)39)13-35(12-17)25-21(11-31-34-25)24-22(29)4-3-7-30-24/h3-4,7-10,13,15-16,21,31H,5-6,11-12H2,1-2H3,(H,32,37)(H,33,36)(H,38,39). The Balaban J connectivity index is 1.42. The van der Waals surface area contributed by atoms with E-state index in [1.807, 2.05) is 6.92 Å². The first-order valence-electron chi connectivity index (χ1n) is 12.9. The lowest BCUT2D eigenvalue weighted by Gasteiger charge is -2.28. The van der Waals surface area contributed by atoms with E-state index in [0.717, 1.165) is 12.8 Å². The Labute approximate surface area is 249 Å². The van der Waals surface area contributed by atoms with Crippen molar-refractivity contribution in [2.24, 2.45) is 11.0 Å².